The fourth-order valence-corrected chi connectivity index (χ4v) is 7.01. The van der Waals surface area contributed by atoms with Crippen molar-refractivity contribution in [1.29, 1.82) is 0 Å². The largest absolute Gasteiger partial charge is 0.497 e. The Morgan fingerprint density at radius 2 is 1.74 bits per heavy atom. The predicted molar refractivity (Wildman–Crippen MR) is 140 cm³/mol. The lowest BCUT2D eigenvalue weighted by atomic mass is 9.98. The number of carbonyl (C=O) groups excluding carboxylic acids is 1. The lowest BCUT2D eigenvalue weighted by Gasteiger charge is -2.29. The van der Waals surface area contributed by atoms with E-state index in [2.05, 4.69) is 9.56 Å². The number of nitrogens with zero attached hydrogens (tertiary/aromatic N) is 3. The lowest BCUT2D eigenvalue weighted by molar-refractivity contribution is -0.122. The maximum Gasteiger partial charge on any atom is 0.251 e. The summed E-state index contributed by atoms with van der Waals surface area (Å²) in [5.41, 5.74) is 1.02. The highest BCUT2D eigenvalue weighted by Gasteiger charge is 2.32. The Morgan fingerprint density at radius 1 is 1.09 bits per heavy atom. The number of piperidine rings is 1. The summed E-state index contributed by atoms with van der Waals surface area (Å²) in [4.78, 5) is 18.5. The van der Waals surface area contributed by atoms with E-state index in [0.717, 1.165) is 28.3 Å². The number of fused-ring (bicyclic) bond motifs is 1. The molecule has 35 heavy (non-hydrogen) atoms. The van der Waals surface area contributed by atoms with Crippen LogP contribution in [0.5, 0.6) is 11.5 Å². The van der Waals surface area contributed by atoms with Crippen molar-refractivity contribution in [2.45, 2.75) is 24.3 Å². The number of thioether (sulfide) groups is 1. The molecular weight excluding hydrogens is 506 g/mol. The van der Waals surface area contributed by atoms with Crippen LogP contribution >= 0.6 is 23.1 Å². The second kappa shape index (κ2) is 11.2. The third-order valence-electron chi connectivity index (χ3n) is 6.12. The topological polar surface area (TPSA) is 90.2 Å². The number of methoxy groups -OCH3 is 2. The van der Waals surface area contributed by atoms with E-state index in [0.29, 0.717) is 23.4 Å². The zero-order valence-corrected chi connectivity index (χ0v) is 22.4. The standard InChI is InChI=1S/C24H29N3O5S3/c1-31-18-4-7-20(8-5-18)35(29,30)26-12-10-17(11-13-26)23(28)25-24-27(14-15-33-3)21-9-6-19(32-2)16-22(21)34-24/h4-9,16-17H,10-15H2,1-3H3. The number of sulfonamides is 1. The first-order chi connectivity index (χ1) is 16.9. The van der Waals surface area contributed by atoms with Crippen molar-refractivity contribution in [3.05, 3.63) is 47.3 Å². The van der Waals surface area contributed by atoms with Crippen LogP contribution in [0.1, 0.15) is 12.8 Å². The molecule has 1 saturated heterocycles. The molecule has 8 nitrogen and oxygen atoms in total. The minimum absolute atomic E-state index is 0.192. The van der Waals surface area contributed by atoms with Crippen LogP contribution in [0.25, 0.3) is 10.2 Å². The molecule has 0 saturated carbocycles. The van der Waals surface area contributed by atoms with E-state index in [4.69, 9.17) is 9.47 Å². The van der Waals surface area contributed by atoms with Gasteiger partial charge < -0.3 is 14.0 Å². The van der Waals surface area contributed by atoms with Gasteiger partial charge in [-0.2, -0.15) is 21.1 Å². The highest BCUT2D eigenvalue weighted by molar-refractivity contribution is 7.98. The van der Waals surface area contributed by atoms with Gasteiger partial charge in [-0.3, -0.25) is 4.79 Å². The third kappa shape index (κ3) is 5.58. The number of thiazole rings is 1. The molecule has 188 valence electrons. The van der Waals surface area contributed by atoms with Crippen LogP contribution in [0, 0.1) is 5.92 Å². The summed E-state index contributed by atoms with van der Waals surface area (Å²) in [6.45, 7) is 1.32. The molecule has 0 atom stereocenters. The van der Waals surface area contributed by atoms with Crippen LogP contribution in [-0.2, 0) is 21.4 Å². The van der Waals surface area contributed by atoms with Crippen molar-refractivity contribution < 1.29 is 22.7 Å². The average molecular weight is 536 g/mol. The van der Waals surface area contributed by atoms with Crippen molar-refractivity contribution in [2.75, 3.05) is 39.3 Å². The van der Waals surface area contributed by atoms with Gasteiger partial charge in [-0.05, 0) is 61.6 Å². The molecule has 0 radical (unpaired) electrons. The predicted octanol–water partition coefficient (Wildman–Crippen LogP) is 3.61. The monoisotopic (exact) mass is 535 g/mol. The van der Waals surface area contributed by atoms with Crippen molar-refractivity contribution >= 4 is 49.2 Å². The van der Waals surface area contributed by atoms with Gasteiger partial charge in [0.05, 0.1) is 29.3 Å². The fourth-order valence-electron chi connectivity index (χ4n) is 4.09. The summed E-state index contributed by atoms with van der Waals surface area (Å²) in [5, 5.41) is 0. The summed E-state index contributed by atoms with van der Waals surface area (Å²) in [5.74, 6) is 1.78. The second-order valence-corrected chi connectivity index (χ2v) is 12.1. The normalized spacial score (nSPS) is 16.0. The molecule has 2 aromatic carbocycles. The Bertz CT molecular complexity index is 1360. The molecule has 0 N–H and O–H groups in total. The number of hydrogen-bond acceptors (Lipinski definition) is 7. The van der Waals surface area contributed by atoms with Crippen LogP contribution in [0.3, 0.4) is 0 Å². The van der Waals surface area contributed by atoms with Crippen molar-refractivity contribution in [1.82, 2.24) is 8.87 Å². The van der Waals surface area contributed by atoms with Crippen LogP contribution in [0.4, 0.5) is 0 Å². The van der Waals surface area contributed by atoms with Gasteiger partial charge >= 0.3 is 0 Å². The van der Waals surface area contributed by atoms with Gasteiger partial charge in [-0.1, -0.05) is 11.3 Å². The zero-order valence-electron chi connectivity index (χ0n) is 20.0. The molecule has 1 aliphatic rings. The molecule has 0 bridgehead atoms. The number of hydrogen-bond donors (Lipinski definition) is 0. The van der Waals surface area contributed by atoms with Crippen molar-refractivity contribution in [3.8, 4) is 11.5 Å². The molecule has 2 heterocycles. The molecule has 1 amide bonds. The minimum atomic E-state index is -3.62. The molecular formula is C24H29N3O5S3. The average Bonchev–Trinajstić information content (AvgIpc) is 3.23. The third-order valence-corrected chi connectivity index (χ3v) is 9.66. The molecule has 4 rings (SSSR count). The Kier molecular flexibility index (Phi) is 8.20. The highest BCUT2D eigenvalue weighted by atomic mass is 32.2. The van der Waals surface area contributed by atoms with E-state index in [-0.39, 0.29) is 29.8 Å². The summed E-state index contributed by atoms with van der Waals surface area (Å²) in [7, 11) is -0.447. The van der Waals surface area contributed by atoms with Gasteiger partial charge in [0.2, 0.25) is 10.0 Å². The maximum absolute atomic E-state index is 13.1. The minimum Gasteiger partial charge on any atom is -0.497 e. The zero-order chi connectivity index (χ0) is 25.0. The van der Waals surface area contributed by atoms with Gasteiger partial charge in [-0.25, -0.2) is 8.42 Å². The Morgan fingerprint density at radius 3 is 2.37 bits per heavy atom. The number of ether oxygens (including phenoxy) is 2. The summed E-state index contributed by atoms with van der Waals surface area (Å²) >= 11 is 3.21. The van der Waals surface area contributed by atoms with E-state index in [1.165, 1.54) is 22.8 Å². The maximum atomic E-state index is 13.1. The van der Waals surface area contributed by atoms with Gasteiger partial charge in [0.15, 0.2) is 4.80 Å². The number of benzene rings is 2. The highest BCUT2D eigenvalue weighted by Crippen LogP contribution is 2.27. The summed E-state index contributed by atoms with van der Waals surface area (Å²) in [6, 6.07) is 12.2. The first kappa shape index (κ1) is 25.7. The lowest BCUT2D eigenvalue weighted by Crippen LogP contribution is -2.40. The van der Waals surface area contributed by atoms with Crippen LogP contribution in [0.15, 0.2) is 52.4 Å². The molecule has 11 heteroatoms. The number of rotatable bonds is 8. The van der Waals surface area contributed by atoms with Crippen LogP contribution < -0.4 is 14.3 Å². The Labute approximate surface area is 213 Å². The SMILES string of the molecule is COc1ccc(S(=O)(=O)N2CCC(C(=O)N=c3sc4cc(OC)ccc4n3CCSC)CC2)cc1. The van der Waals surface area contributed by atoms with Gasteiger partial charge in [0.1, 0.15) is 11.5 Å². The van der Waals surface area contributed by atoms with E-state index in [9.17, 15) is 13.2 Å². The van der Waals surface area contributed by atoms with E-state index in [1.807, 2.05) is 24.5 Å². The van der Waals surface area contributed by atoms with Gasteiger partial charge in [0.25, 0.3) is 5.91 Å². The number of aromatic nitrogens is 1. The van der Waals surface area contributed by atoms with E-state index >= 15 is 0 Å². The number of aryl methyl sites for hydroxylation is 1. The van der Waals surface area contributed by atoms with Crippen molar-refractivity contribution in [2.24, 2.45) is 10.9 Å². The van der Waals surface area contributed by atoms with Crippen LogP contribution in [0.2, 0.25) is 0 Å². The van der Waals surface area contributed by atoms with Gasteiger partial charge in [0, 0.05) is 31.3 Å². The summed E-state index contributed by atoms with van der Waals surface area (Å²) < 4.78 is 41.0. The van der Waals surface area contributed by atoms with Gasteiger partial charge in [-0.15, -0.1) is 0 Å². The first-order valence-electron chi connectivity index (χ1n) is 11.3. The molecule has 1 aromatic heterocycles. The van der Waals surface area contributed by atoms with E-state index in [1.54, 1.807) is 43.1 Å². The van der Waals surface area contributed by atoms with Crippen molar-refractivity contribution in [3.63, 3.8) is 0 Å². The Hall–Kier alpha value is -2.34. The summed E-state index contributed by atoms with van der Waals surface area (Å²) in [6.07, 6.45) is 2.94. The molecule has 3 aromatic rings. The smallest absolute Gasteiger partial charge is 0.251 e. The van der Waals surface area contributed by atoms with Crippen LogP contribution in [-0.4, -0.2) is 62.5 Å². The number of carbonyl (C=O) groups is 1. The molecule has 0 aliphatic carbocycles. The second-order valence-electron chi connectivity index (χ2n) is 8.17. The molecule has 0 unspecified atom stereocenters. The molecule has 1 fully saturated rings. The fraction of sp³-hybridized carbons (Fsp3) is 0.417. The number of amides is 1. The molecule has 1 aliphatic heterocycles. The first-order valence-corrected chi connectivity index (χ1v) is 14.9. The molecule has 0 spiro atoms. The van der Waals surface area contributed by atoms with E-state index < -0.39 is 10.0 Å². The quantitative estimate of drug-likeness (QED) is 0.438. The Balaban J connectivity index is 1.51.